The van der Waals surface area contributed by atoms with E-state index in [0.29, 0.717) is 0 Å². The maximum absolute atomic E-state index is 5.29. The number of rotatable bonds is 4. The number of para-hydroxylation sites is 1. The van der Waals surface area contributed by atoms with Crippen molar-refractivity contribution in [3.8, 4) is 39.2 Å². The van der Waals surface area contributed by atoms with Crippen molar-refractivity contribution in [2.75, 3.05) is 0 Å². The van der Waals surface area contributed by atoms with E-state index in [1.165, 1.54) is 54.9 Å². The number of pyridine rings is 1. The average Bonchev–Trinajstić information content (AvgIpc) is 3.46. The summed E-state index contributed by atoms with van der Waals surface area (Å²) in [5.41, 5.74) is 10.5. The zero-order valence-electron chi connectivity index (χ0n) is 24.6. The lowest BCUT2D eigenvalue weighted by Gasteiger charge is -2.13. The highest BCUT2D eigenvalue weighted by atomic mass is 15.1. The number of hydrogen-bond acceptors (Lipinski definition) is 1. The predicted molar refractivity (Wildman–Crippen MR) is 190 cm³/mol. The third kappa shape index (κ3) is 4.22. The molecule has 0 saturated carbocycles. The molecule has 0 aliphatic carbocycles. The molecule has 0 unspecified atom stereocenters. The van der Waals surface area contributed by atoms with Gasteiger partial charge in [0.2, 0.25) is 0 Å². The Balaban J connectivity index is 1.32. The van der Waals surface area contributed by atoms with Crippen molar-refractivity contribution >= 4 is 43.5 Å². The van der Waals surface area contributed by atoms with Crippen molar-refractivity contribution in [3.05, 3.63) is 170 Å². The van der Waals surface area contributed by atoms with Gasteiger partial charge >= 0.3 is 0 Å². The Labute approximate surface area is 261 Å². The van der Waals surface area contributed by atoms with Crippen LogP contribution in [0.4, 0.5) is 0 Å². The van der Waals surface area contributed by atoms with E-state index in [1.54, 1.807) is 0 Å². The van der Waals surface area contributed by atoms with E-state index < -0.39 is 0 Å². The van der Waals surface area contributed by atoms with Crippen LogP contribution in [-0.2, 0) is 0 Å². The number of hydrogen-bond donors (Lipinski definition) is 0. The first-order valence-corrected chi connectivity index (χ1v) is 15.4. The second kappa shape index (κ2) is 10.3. The van der Waals surface area contributed by atoms with Gasteiger partial charge in [-0.3, -0.25) is 4.57 Å². The van der Waals surface area contributed by atoms with Gasteiger partial charge in [-0.05, 0) is 68.4 Å². The van der Waals surface area contributed by atoms with Crippen molar-refractivity contribution in [2.24, 2.45) is 0 Å². The molecular formula is C43H28N2. The second-order valence-corrected chi connectivity index (χ2v) is 11.6. The van der Waals surface area contributed by atoms with E-state index in [0.717, 1.165) is 27.8 Å². The molecule has 0 saturated heterocycles. The van der Waals surface area contributed by atoms with Gasteiger partial charge in [-0.2, -0.15) is 0 Å². The summed E-state index contributed by atoms with van der Waals surface area (Å²) in [5, 5.41) is 6.12. The topological polar surface area (TPSA) is 17.8 Å². The van der Waals surface area contributed by atoms with Crippen LogP contribution in [0.5, 0.6) is 0 Å². The molecule has 7 aromatic carbocycles. The molecule has 0 spiro atoms. The number of fused-ring (bicyclic) bond motifs is 6. The molecule has 2 heteroatoms. The van der Waals surface area contributed by atoms with Gasteiger partial charge < -0.3 is 0 Å². The highest BCUT2D eigenvalue weighted by Crippen LogP contribution is 2.40. The standard InChI is InChI=1S/C43H28N2/c1-3-11-29(12-4-1)30-19-21-31(22-20-30)34-23-25-37-41(27-34)45(40-26-24-33-15-7-8-16-35(33)43(37)40)42-28-38(32-13-5-2-6-14-32)36-17-9-10-18-39(36)44-42/h1-28H. The molecule has 0 fully saturated rings. The molecule has 2 nitrogen and oxygen atoms in total. The van der Waals surface area contributed by atoms with Crippen LogP contribution >= 0.6 is 0 Å². The summed E-state index contributed by atoms with van der Waals surface area (Å²) >= 11 is 0. The molecule has 9 rings (SSSR count). The van der Waals surface area contributed by atoms with E-state index in [4.69, 9.17) is 4.98 Å². The maximum Gasteiger partial charge on any atom is 0.138 e. The number of benzene rings is 7. The minimum Gasteiger partial charge on any atom is -0.294 e. The zero-order chi connectivity index (χ0) is 29.7. The Morgan fingerprint density at radius 1 is 0.378 bits per heavy atom. The minimum atomic E-state index is 0.916. The van der Waals surface area contributed by atoms with E-state index in [9.17, 15) is 0 Å². The quantitative estimate of drug-likeness (QED) is 0.205. The average molecular weight is 573 g/mol. The molecule has 2 heterocycles. The largest absolute Gasteiger partial charge is 0.294 e. The molecule has 9 aromatic rings. The lowest BCUT2D eigenvalue weighted by atomic mass is 9.98. The Morgan fingerprint density at radius 2 is 0.978 bits per heavy atom. The highest BCUT2D eigenvalue weighted by molar-refractivity contribution is 6.21. The van der Waals surface area contributed by atoms with Crippen molar-refractivity contribution in [3.63, 3.8) is 0 Å². The zero-order valence-corrected chi connectivity index (χ0v) is 24.6. The molecule has 0 amide bonds. The predicted octanol–water partition coefficient (Wildman–Crippen LogP) is 11.5. The SMILES string of the molecule is c1ccc(-c2ccc(-c3ccc4c5c6ccccc6ccc5n(-c5cc(-c6ccccc6)c6ccccc6n5)c4c3)cc2)cc1. The van der Waals surface area contributed by atoms with Crippen LogP contribution < -0.4 is 0 Å². The number of nitrogens with zero attached hydrogens (tertiary/aromatic N) is 2. The lowest BCUT2D eigenvalue weighted by molar-refractivity contribution is 1.10. The van der Waals surface area contributed by atoms with Crippen LogP contribution in [0.2, 0.25) is 0 Å². The second-order valence-electron chi connectivity index (χ2n) is 11.6. The van der Waals surface area contributed by atoms with Crippen LogP contribution in [0.25, 0.3) is 82.7 Å². The summed E-state index contributed by atoms with van der Waals surface area (Å²) in [6.45, 7) is 0. The molecule has 0 aliphatic rings. The Hall–Kier alpha value is -5.99. The van der Waals surface area contributed by atoms with Crippen LogP contribution in [0.3, 0.4) is 0 Å². The molecule has 0 aliphatic heterocycles. The van der Waals surface area contributed by atoms with Crippen molar-refractivity contribution in [1.82, 2.24) is 9.55 Å². The lowest BCUT2D eigenvalue weighted by Crippen LogP contribution is -1.99. The van der Waals surface area contributed by atoms with Gasteiger partial charge in [0, 0.05) is 16.2 Å². The first-order chi connectivity index (χ1) is 22.3. The first kappa shape index (κ1) is 25.5. The fraction of sp³-hybridized carbons (Fsp3) is 0. The van der Waals surface area contributed by atoms with Crippen LogP contribution in [0, 0.1) is 0 Å². The van der Waals surface area contributed by atoms with Gasteiger partial charge in [0.05, 0.1) is 16.6 Å². The molecule has 0 atom stereocenters. The molecule has 45 heavy (non-hydrogen) atoms. The van der Waals surface area contributed by atoms with Gasteiger partial charge in [0.1, 0.15) is 5.82 Å². The van der Waals surface area contributed by atoms with Crippen LogP contribution in [-0.4, -0.2) is 9.55 Å². The molecule has 2 aromatic heterocycles. The monoisotopic (exact) mass is 572 g/mol. The van der Waals surface area contributed by atoms with Gasteiger partial charge in [0.15, 0.2) is 0 Å². The summed E-state index contributed by atoms with van der Waals surface area (Å²) in [5.74, 6) is 0.916. The third-order valence-electron chi connectivity index (χ3n) is 9.00. The van der Waals surface area contributed by atoms with E-state index in [-0.39, 0.29) is 0 Å². The summed E-state index contributed by atoms with van der Waals surface area (Å²) in [4.78, 5) is 5.29. The normalized spacial score (nSPS) is 11.6. The van der Waals surface area contributed by atoms with E-state index in [1.807, 2.05) is 0 Å². The molecule has 0 N–H and O–H groups in total. The smallest absolute Gasteiger partial charge is 0.138 e. The molecule has 0 bridgehead atoms. The van der Waals surface area contributed by atoms with Gasteiger partial charge in [-0.25, -0.2) is 4.98 Å². The molecule has 210 valence electrons. The van der Waals surface area contributed by atoms with Crippen molar-refractivity contribution in [1.29, 1.82) is 0 Å². The summed E-state index contributed by atoms with van der Waals surface area (Å²) in [6.07, 6.45) is 0. The van der Waals surface area contributed by atoms with Crippen LogP contribution in [0.1, 0.15) is 0 Å². The summed E-state index contributed by atoms with van der Waals surface area (Å²) < 4.78 is 2.36. The van der Waals surface area contributed by atoms with Crippen LogP contribution in [0.15, 0.2) is 170 Å². The van der Waals surface area contributed by atoms with Gasteiger partial charge in [0.25, 0.3) is 0 Å². The fourth-order valence-electron chi connectivity index (χ4n) is 6.83. The van der Waals surface area contributed by atoms with E-state index in [2.05, 4.69) is 174 Å². The summed E-state index contributed by atoms with van der Waals surface area (Å²) in [6, 6.07) is 60.9. The van der Waals surface area contributed by atoms with Crippen molar-refractivity contribution < 1.29 is 0 Å². The minimum absolute atomic E-state index is 0.916. The van der Waals surface area contributed by atoms with Crippen molar-refractivity contribution in [2.45, 2.75) is 0 Å². The van der Waals surface area contributed by atoms with E-state index >= 15 is 0 Å². The maximum atomic E-state index is 5.29. The van der Waals surface area contributed by atoms with Gasteiger partial charge in [-0.15, -0.1) is 0 Å². The molecule has 0 radical (unpaired) electrons. The first-order valence-electron chi connectivity index (χ1n) is 15.4. The Bertz CT molecular complexity index is 2510. The highest BCUT2D eigenvalue weighted by Gasteiger charge is 2.18. The third-order valence-corrected chi connectivity index (χ3v) is 9.00. The van der Waals surface area contributed by atoms with Gasteiger partial charge in [-0.1, -0.05) is 146 Å². The fourth-order valence-corrected chi connectivity index (χ4v) is 6.83. The Morgan fingerprint density at radius 3 is 1.76 bits per heavy atom. The Kier molecular flexibility index (Phi) is 5.85. The molecular weight excluding hydrogens is 544 g/mol. The summed E-state index contributed by atoms with van der Waals surface area (Å²) in [7, 11) is 0. The number of aromatic nitrogens is 2.